The van der Waals surface area contributed by atoms with E-state index in [1.807, 2.05) is 18.2 Å². The van der Waals surface area contributed by atoms with Crippen molar-refractivity contribution in [3.8, 4) is 0 Å². The fourth-order valence-corrected chi connectivity index (χ4v) is 3.48. The quantitative estimate of drug-likeness (QED) is 0.875. The molecule has 0 saturated carbocycles. The maximum Gasteiger partial charge on any atom is 0.0842 e. The molecule has 0 spiro atoms. The molecule has 2 saturated heterocycles. The van der Waals surface area contributed by atoms with Gasteiger partial charge in [-0.05, 0) is 44.1 Å². The lowest BCUT2D eigenvalue weighted by molar-refractivity contribution is -0.126. The Kier molecular flexibility index (Phi) is 6.46. The van der Waals surface area contributed by atoms with E-state index in [1.54, 1.807) is 0 Å². The summed E-state index contributed by atoms with van der Waals surface area (Å²) in [5, 5.41) is 10.0. The Labute approximate surface area is 138 Å². The lowest BCUT2D eigenvalue weighted by atomic mass is 9.95. The molecular weight excluding hydrogens is 292 g/mol. The first-order valence-electron chi connectivity index (χ1n) is 8.90. The second-order valence-electron chi connectivity index (χ2n) is 6.58. The van der Waals surface area contributed by atoms with Crippen LogP contribution in [0.5, 0.6) is 0 Å². The van der Waals surface area contributed by atoms with Gasteiger partial charge in [0.1, 0.15) is 0 Å². The van der Waals surface area contributed by atoms with Gasteiger partial charge in [-0.3, -0.25) is 0 Å². The molecule has 0 radical (unpaired) electrons. The fourth-order valence-electron chi connectivity index (χ4n) is 3.48. The molecule has 1 aromatic rings. The van der Waals surface area contributed by atoms with Gasteiger partial charge >= 0.3 is 0 Å². The van der Waals surface area contributed by atoms with Crippen molar-refractivity contribution in [2.75, 3.05) is 13.2 Å². The Morgan fingerprint density at radius 2 is 1.65 bits per heavy atom. The highest BCUT2D eigenvalue weighted by atomic mass is 16.5. The predicted octanol–water partition coefficient (Wildman–Crippen LogP) is 3.07. The molecule has 4 atom stereocenters. The number of aliphatic hydroxyl groups excluding tert-OH is 1. The van der Waals surface area contributed by atoms with Gasteiger partial charge in [-0.2, -0.15) is 0 Å². The number of hydrogen-bond donors (Lipinski definition) is 1. The number of rotatable bonds is 6. The molecule has 128 valence electrons. The normalized spacial score (nSPS) is 31.9. The number of aliphatic hydroxyl groups is 1. The predicted molar refractivity (Wildman–Crippen MR) is 88.2 cm³/mol. The van der Waals surface area contributed by atoms with Crippen molar-refractivity contribution in [2.24, 2.45) is 0 Å². The molecule has 2 heterocycles. The second-order valence-corrected chi connectivity index (χ2v) is 6.58. The zero-order valence-electron chi connectivity index (χ0n) is 13.7. The van der Waals surface area contributed by atoms with Gasteiger partial charge in [0.25, 0.3) is 0 Å². The Hall–Kier alpha value is -0.940. The van der Waals surface area contributed by atoms with E-state index in [2.05, 4.69) is 12.1 Å². The van der Waals surface area contributed by atoms with Crippen molar-refractivity contribution in [1.29, 1.82) is 0 Å². The Morgan fingerprint density at radius 1 is 0.957 bits per heavy atom. The molecule has 2 aliphatic rings. The minimum atomic E-state index is -0.323. The molecule has 0 aromatic heterocycles. The van der Waals surface area contributed by atoms with Crippen molar-refractivity contribution in [1.82, 2.24) is 0 Å². The largest absolute Gasteiger partial charge is 0.390 e. The summed E-state index contributed by atoms with van der Waals surface area (Å²) in [6.07, 6.45) is 5.54. The molecule has 0 amide bonds. The van der Waals surface area contributed by atoms with E-state index in [1.165, 1.54) is 5.56 Å². The van der Waals surface area contributed by atoms with Crippen molar-refractivity contribution < 1.29 is 19.3 Å². The van der Waals surface area contributed by atoms with Crippen LogP contribution in [0.1, 0.15) is 44.1 Å². The van der Waals surface area contributed by atoms with Gasteiger partial charge in [0.05, 0.1) is 31.0 Å². The molecule has 0 unspecified atom stereocenters. The highest BCUT2D eigenvalue weighted by Gasteiger charge is 2.30. The lowest BCUT2D eigenvalue weighted by Crippen LogP contribution is -2.39. The van der Waals surface area contributed by atoms with Crippen LogP contribution in [-0.4, -0.2) is 42.7 Å². The minimum absolute atomic E-state index is 0.0379. The van der Waals surface area contributed by atoms with Gasteiger partial charge in [-0.1, -0.05) is 30.3 Å². The van der Waals surface area contributed by atoms with Crippen LogP contribution >= 0.6 is 0 Å². The molecule has 4 heteroatoms. The van der Waals surface area contributed by atoms with E-state index >= 15 is 0 Å². The lowest BCUT2D eigenvalue weighted by Gasteiger charge is -2.34. The third kappa shape index (κ3) is 5.01. The average Bonchev–Trinajstić information content (AvgIpc) is 2.61. The molecule has 23 heavy (non-hydrogen) atoms. The van der Waals surface area contributed by atoms with Crippen LogP contribution in [0.2, 0.25) is 0 Å². The first-order chi connectivity index (χ1) is 11.3. The molecule has 2 fully saturated rings. The van der Waals surface area contributed by atoms with Crippen LogP contribution in [0.4, 0.5) is 0 Å². The Balaban J connectivity index is 1.47. The SMILES string of the molecule is O[C@H]1CCCO[C@@H]1CC[C@H]1OCCC[C@@H]1OCc1ccccc1. The van der Waals surface area contributed by atoms with Gasteiger partial charge in [0.15, 0.2) is 0 Å². The second kappa shape index (κ2) is 8.78. The monoisotopic (exact) mass is 320 g/mol. The van der Waals surface area contributed by atoms with Crippen LogP contribution in [0.25, 0.3) is 0 Å². The van der Waals surface area contributed by atoms with E-state index in [-0.39, 0.29) is 24.4 Å². The summed E-state index contributed by atoms with van der Waals surface area (Å²) in [6.45, 7) is 2.21. The number of benzene rings is 1. The highest BCUT2D eigenvalue weighted by molar-refractivity contribution is 5.13. The molecule has 2 aliphatic heterocycles. The van der Waals surface area contributed by atoms with Crippen molar-refractivity contribution in [2.45, 2.75) is 69.5 Å². The molecule has 0 bridgehead atoms. The summed E-state index contributed by atoms with van der Waals surface area (Å²) in [7, 11) is 0. The molecule has 0 aliphatic carbocycles. The summed E-state index contributed by atoms with van der Waals surface area (Å²) in [4.78, 5) is 0. The van der Waals surface area contributed by atoms with E-state index in [9.17, 15) is 5.11 Å². The summed E-state index contributed by atoms with van der Waals surface area (Å²) >= 11 is 0. The molecule has 1 N–H and O–H groups in total. The molecule has 1 aromatic carbocycles. The maximum atomic E-state index is 10.0. The van der Waals surface area contributed by atoms with Gasteiger partial charge < -0.3 is 19.3 Å². The highest BCUT2D eigenvalue weighted by Crippen LogP contribution is 2.25. The van der Waals surface area contributed by atoms with E-state index < -0.39 is 0 Å². The van der Waals surface area contributed by atoms with E-state index in [0.29, 0.717) is 6.61 Å². The zero-order valence-corrected chi connectivity index (χ0v) is 13.7. The Morgan fingerprint density at radius 3 is 2.43 bits per heavy atom. The van der Waals surface area contributed by atoms with Gasteiger partial charge in [0, 0.05) is 13.2 Å². The first-order valence-corrected chi connectivity index (χ1v) is 8.90. The van der Waals surface area contributed by atoms with Crippen LogP contribution in [0.3, 0.4) is 0 Å². The third-order valence-electron chi connectivity index (χ3n) is 4.83. The number of hydrogen-bond acceptors (Lipinski definition) is 4. The minimum Gasteiger partial charge on any atom is -0.390 e. The van der Waals surface area contributed by atoms with Crippen LogP contribution in [0, 0.1) is 0 Å². The fraction of sp³-hybridized carbons (Fsp3) is 0.684. The number of ether oxygens (including phenoxy) is 3. The van der Waals surface area contributed by atoms with E-state index in [0.717, 1.165) is 51.7 Å². The smallest absolute Gasteiger partial charge is 0.0842 e. The molecule has 3 rings (SSSR count). The van der Waals surface area contributed by atoms with Gasteiger partial charge in [-0.15, -0.1) is 0 Å². The van der Waals surface area contributed by atoms with Crippen molar-refractivity contribution in [3.05, 3.63) is 35.9 Å². The van der Waals surface area contributed by atoms with Gasteiger partial charge in [0.2, 0.25) is 0 Å². The molecular formula is C19H28O4. The van der Waals surface area contributed by atoms with Crippen molar-refractivity contribution >= 4 is 0 Å². The molecule has 4 nitrogen and oxygen atoms in total. The standard InChI is InChI=1S/C19H28O4/c20-16-8-4-12-21-17(16)10-11-19-18(9-5-13-22-19)23-14-15-6-2-1-3-7-15/h1-3,6-7,16-20H,4-5,8-14H2/t16-,17+,18-,19+/m0/s1. The first kappa shape index (κ1) is 16.9. The van der Waals surface area contributed by atoms with Crippen LogP contribution in [-0.2, 0) is 20.8 Å². The summed E-state index contributed by atoms with van der Waals surface area (Å²) in [5.41, 5.74) is 1.20. The maximum absolute atomic E-state index is 10.0. The average molecular weight is 320 g/mol. The van der Waals surface area contributed by atoms with Crippen LogP contribution in [0.15, 0.2) is 30.3 Å². The summed E-state index contributed by atoms with van der Waals surface area (Å²) in [6, 6.07) is 10.3. The van der Waals surface area contributed by atoms with E-state index in [4.69, 9.17) is 14.2 Å². The Bertz CT molecular complexity index is 450. The zero-order chi connectivity index (χ0) is 15.9. The third-order valence-corrected chi connectivity index (χ3v) is 4.83. The summed E-state index contributed by atoms with van der Waals surface area (Å²) in [5.74, 6) is 0. The summed E-state index contributed by atoms with van der Waals surface area (Å²) < 4.78 is 17.8. The van der Waals surface area contributed by atoms with Crippen LogP contribution < -0.4 is 0 Å². The van der Waals surface area contributed by atoms with Gasteiger partial charge in [-0.25, -0.2) is 0 Å². The topological polar surface area (TPSA) is 47.9 Å². The van der Waals surface area contributed by atoms with Crippen molar-refractivity contribution in [3.63, 3.8) is 0 Å².